The van der Waals surface area contributed by atoms with Crippen LogP contribution in [0.3, 0.4) is 0 Å². The molecule has 26 heavy (non-hydrogen) atoms. The van der Waals surface area contributed by atoms with E-state index >= 15 is 0 Å². The fourth-order valence-electron chi connectivity index (χ4n) is 2.65. The Morgan fingerprint density at radius 2 is 1.92 bits per heavy atom. The average molecular weight is 385 g/mol. The molecule has 130 valence electrons. The minimum absolute atomic E-state index is 0.0541. The third-order valence-electron chi connectivity index (χ3n) is 3.85. The van der Waals surface area contributed by atoms with Crippen LogP contribution >= 0.6 is 11.3 Å². The quantitative estimate of drug-likeness (QED) is 0.706. The van der Waals surface area contributed by atoms with E-state index in [1.165, 1.54) is 41.7 Å². The number of hydrogen-bond acceptors (Lipinski definition) is 6. The second-order valence-corrected chi connectivity index (χ2v) is 8.24. The Morgan fingerprint density at radius 3 is 2.69 bits per heavy atom. The van der Waals surface area contributed by atoms with E-state index in [9.17, 15) is 18.0 Å². The summed E-state index contributed by atoms with van der Waals surface area (Å²) in [7, 11) is -3.89. The van der Waals surface area contributed by atoms with E-state index in [4.69, 9.17) is 0 Å². The SMILES string of the molecule is O=C(Nc1nccs1)c1ccc2c(c1)NC(=O)c1ccccc1S2(=O)=O. The number of fused-ring (bicyclic) bond motifs is 2. The second kappa shape index (κ2) is 6.04. The smallest absolute Gasteiger partial charge is 0.257 e. The van der Waals surface area contributed by atoms with E-state index in [1.54, 1.807) is 23.7 Å². The maximum atomic E-state index is 12.9. The van der Waals surface area contributed by atoms with Crippen molar-refractivity contribution in [1.82, 2.24) is 4.98 Å². The largest absolute Gasteiger partial charge is 0.321 e. The molecular weight excluding hydrogens is 374 g/mol. The molecule has 0 atom stereocenters. The third kappa shape index (κ3) is 2.67. The first-order valence-electron chi connectivity index (χ1n) is 7.47. The van der Waals surface area contributed by atoms with Gasteiger partial charge in [-0.15, -0.1) is 11.3 Å². The number of anilines is 2. The zero-order valence-corrected chi connectivity index (χ0v) is 14.7. The Morgan fingerprint density at radius 1 is 1.12 bits per heavy atom. The predicted molar refractivity (Wildman–Crippen MR) is 96.4 cm³/mol. The van der Waals surface area contributed by atoms with Crippen molar-refractivity contribution in [2.75, 3.05) is 10.6 Å². The van der Waals surface area contributed by atoms with Gasteiger partial charge in [-0.2, -0.15) is 0 Å². The van der Waals surface area contributed by atoms with Crippen molar-refractivity contribution in [3.63, 3.8) is 0 Å². The molecule has 0 aliphatic carbocycles. The van der Waals surface area contributed by atoms with E-state index in [2.05, 4.69) is 15.6 Å². The molecular formula is C17H11N3O4S2. The fourth-order valence-corrected chi connectivity index (χ4v) is 4.77. The van der Waals surface area contributed by atoms with Crippen LogP contribution in [0.15, 0.2) is 63.8 Å². The number of rotatable bonds is 2. The number of carbonyl (C=O) groups is 2. The lowest BCUT2D eigenvalue weighted by Crippen LogP contribution is -2.14. The minimum atomic E-state index is -3.89. The van der Waals surface area contributed by atoms with Gasteiger partial charge < -0.3 is 5.32 Å². The van der Waals surface area contributed by atoms with Crippen LogP contribution < -0.4 is 10.6 Å². The highest BCUT2D eigenvalue weighted by Gasteiger charge is 2.31. The van der Waals surface area contributed by atoms with Gasteiger partial charge in [-0.05, 0) is 30.3 Å². The number of sulfone groups is 1. The van der Waals surface area contributed by atoms with Crippen LogP contribution in [0.4, 0.5) is 10.8 Å². The first kappa shape index (κ1) is 16.4. The van der Waals surface area contributed by atoms with Crippen molar-refractivity contribution in [2.24, 2.45) is 0 Å². The molecule has 0 bridgehead atoms. The maximum Gasteiger partial charge on any atom is 0.257 e. The van der Waals surface area contributed by atoms with Crippen LogP contribution in [0.1, 0.15) is 20.7 Å². The molecule has 0 radical (unpaired) electrons. The number of aromatic nitrogens is 1. The molecule has 2 aromatic carbocycles. The van der Waals surface area contributed by atoms with Gasteiger partial charge in [-0.1, -0.05) is 12.1 Å². The number of amides is 2. The van der Waals surface area contributed by atoms with Crippen molar-refractivity contribution in [3.05, 3.63) is 65.2 Å². The van der Waals surface area contributed by atoms with Gasteiger partial charge in [0.05, 0.1) is 21.0 Å². The molecule has 0 saturated heterocycles. The van der Waals surface area contributed by atoms with Gasteiger partial charge in [0.25, 0.3) is 11.8 Å². The van der Waals surface area contributed by atoms with E-state index in [0.29, 0.717) is 5.13 Å². The fraction of sp³-hybridized carbons (Fsp3) is 0. The summed E-state index contributed by atoms with van der Waals surface area (Å²) in [5.74, 6) is -0.989. The number of thiazole rings is 1. The molecule has 0 spiro atoms. The van der Waals surface area contributed by atoms with E-state index < -0.39 is 21.7 Å². The number of nitrogens with one attached hydrogen (secondary N) is 2. The lowest BCUT2D eigenvalue weighted by atomic mass is 10.1. The van der Waals surface area contributed by atoms with Crippen LogP contribution in [0.5, 0.6) is 0 Å². The van der Waals surface area contributed by atoms with Gasteiger partial charge in [0.2, 0.25) is 9.84 Å². The maximum absolute atomic E-state index is 12.9. The molecule has 0 saturated carbocycles. The number of hydrogen-bond donors (Lipinski definition) is 2. The Bertz CT molecular complexity index is 1140. The normalized spacial score (nSPS) is 14.5. The average Bonchev–Trinajstić information content (AvgIpc) is 3.11. The number of benzene rings is 2. The zero-order chi connectivity index (χ0) is 18.3. The van der Waals surface area contributed by atoms with Crippen molar-refractivity contribution < 1.29 is 18.0 Å². The molecule has 2 N–H and O–H groups in total. The van der Waals surface area contributed by atoms with E-state index in [1.807, 2.05) is 0 Å². The first-order chi connectivity index (χ1) is 12.5. The van der Waals surface area contributed by atoms with E-state index in [0.717, 1.165) is 0 Å². The highest BCUT2D eigenvalue weighted by Crippen LogP contribution is 2.34. The van der Waals surface area contributed by atoms with Gasteiger partial charge >= 0.3 is 0 Å². The van der Waals surface area contributed by atoms with E-state index in [-0.39, 0.29) is 26.6 Å². The summed E-state index contributed by atoms with van der Waals surface area (Å²) in [4.78, 5) is 28.6. The summed E-state index contributed by atoms with van der Waals surface area (Å²) in [6.45, 7) is 0. The summed E-state index contributed by atoms with van der Waals surface area (Å²) in [5.41, 5.74) is 0.343. The van der Waals surface area contributed by atoms with Gasteiger partial charge in [0.15, 0.2) is 5.13 Å². The highest BCUT2D eigenvalue weighted by atomic mass is 32.2. The lowest BCUT2D eigenvalue weighted by molar-refractivity contribution is 0.101. The van der Waals surface area contributed by atoms with Crippen LogP contribution in [0, 0.1) is 0 Å². The molecule has 9 heteroatoms. The van der Waals surface area contributed by atoms with Crippen LogP contribution in [0.25, 0.3) is 0 Å². The Balaban J connectivity index is 1.79. The number of nitrogens with zero attached hydrogens (tertiary/aromatic N) is 1. The Hall–Kier alpha value is -3.04. The zero-order valence-electron chi connectivity index (χ0n) is 13.1. The summed E-state index contributed by atoms with van der Waals surface area (Å²) in [5, 5.41) is 7.34. The second-order valence-electron chi connectivity index (χ2n) is 5.46. The Labute approximate surface area is 152 Å². The standard InChI is InChI=1S/C17H11N3O4S2/c21-15(20-17-18-7-8-25-17)10-5-6-14-12(9-10)19-16(22)11-3-1-2-4-13(11)26(14,23)24/h1-9H,(H,19,22)(H,18,20,21). The molecule has 1 aromatic heterocycles. The molecule has 2 heterocycles. The third-order valence-corrected chi connectivity index (χ3v) is 6.41. The summed E-state index contributed by atoms with van der Waals surface area (Å²) >= 11 is 1.26. The van der Waals surface area contributed by atoms with Crippen molar-refractivity contribution in [1.29, 1.82) is 0 Å². The van der Waals surface area contributed by atoms with Gasteiger partial charge in [0, 0.05) is 17.1 Å². The highest BCUT2D eigenvalue weighted by molar-refractivity contribution is 7.91. The summed E-state index contributed by atoms with van der Waals surface area (Å²) < 4.78 is 25.8. The van der Waals surface area contributed by atoms with Gasteiger partial charge in [-0.3, -0.25) is 14.9 Å². The van der Waals surface area contributed by atoms with Crippen LogP contribution in [-0.4, -0.2) is 25.2 Å². The van der Waals surface area contributed by atoms with Gasteiger partial charge in [-0.25, -0.2) is 13.4 Å². The molecule has 3 aromatic rings. The topological polar surface area (TPSA) is 105 Å². The first-order valence-corrected chi connectivity index (χ1v) is 9.83. The lowest BCUT2D eigenvalue weighted by Gasteiger charge is -2.09. The molecule has 4 rings (SSSR count). The van der Waals surface area contributed by atoms with Crippen LogP contribution in [0.2, 0.25) is 0 Å². The van der Waals surface area contributed by atoms with Crippen LogP contribution in [-0.2, 0) is 9.84 Å². The number of carbonyl (C=O) groups excluding carboxylic acids is 2. The molecule has 1 aliphatic heterocycles. The molecule has 1 aliphatic rings. The van der Waals surface area contributed by atoms with Crippen molar-refractivity contribution in [2.45, 2.75) is 9.79 Å². The Kier molecular flexibility index (Phi) is 3.82. The van der Waals surface area contributed by atoms with Crippen molar-refractivity contribution in [3.8, 4) is 0 Å². The molecule has 2 amide bonds. The summed E-state index contributed by atoms with van der Waals surface area (Å²) in [6.07, 6.45) is 1.56. The van der Waals surface area contributed by atoms with Crippen molar-refractivity contribution >= 4 is 43.8 Å². The molecule has 0 unspecified atom stereocenters. The molecule has 7 nitrogen and oxygen atoms in total. The minimum Gasteiger partial charge on any atom is -0.321 e. The monoisotopic (exact) mass is 385 g/mol. The summed E-state index contributed by atoms with van der Waals surface area (Å²) in [6, 6.07) is 10.1. The predicted octanol–water partition coefficient (Wildman–Crippen LogP) is 2.79. The molecule has 0 fully saturated rings. The van der Waals surface area contributed by atoms with Gasteiger partial charge in [0.1, 0.15) is 0 Å².